The second kappa shape index (κ2) is 16.4. The second-order valence-corrected chi connectivity index (χ2v) is 11.9. The quantitative estimate of drug-likeness (QED) is 0.107. The van der Waals surface area contributed by atoms with Crippen molar-refractivity contribution < 1.29 is 9.59 Å². The third-order valence-electron chi connectivity index (χ3n) is 8.60. The lowest BCUT2D eigenvalue weighted by Gasteiger charge is -2.14. The van der Waals surface area contributed by atoms with Crippen molar-refractivity contribution in [1.29, 1.82) is 0 Å². The molecule has 2 aromatic heterocycles. The molecule has 2 aromatic carbocycles. The average molecular weight is 651 g/mol. The van der Waals surface area contributed by atoms with Crippen LogP contribution in [0.4, 0.5) is 0 Å². The zero-order chi connectivity index (χ0) is 34.8. The lowest BCUT2D eigenvalue weighted by Crippen LogP contribution is -2.42. The molecule has 4 aromatic rings. The number of benzene rings is 2. The number of ketones is 2. The normalized spacial score (nSPS) is 11.5. The Morgan fingerprint density at radius 3 is 1.19 bits per heavy atom. The predicted octanol–water partition coefficient (Wildman–Crippen LogP) is 4.40. The van der Waals surface area contributed by atoms with Gasteiger partial charge in [0.05, 0.1) is 0 Å². The van der Waals surface area contributed by atoms with Crippen LogP contribution in [-0.4, -0.2) is 29.8 Å². The van der Waals surface area contributed by atoms with Crippen LogP contribution in [0.1, 0.15) is 81.8 Å². The zero-order valence-electron chi connectivity index (χ0n) is 28.0. The van der Waals surface area contributed by atoms with E-state index in [9.17, 15) is 28.8 Å². The van der Waals surface area contributed by atoms with E-state index >= 15 is 0 Å². The lowest BCUT2D eigenvalue weighted by molar-refractivity contribution is 0.103. The predicted molar refractivity (Wildman–Crippen MR) is 189 cm³/mol. The molecule has 0 bridgehead atoms. The van der Waals surface area contributed by atoms with Gasteiger partial charge in [-0.3, -0.25) is 37.4 Å². The molecule has 4 rings (SSSR count). The zero-order valence-corrected chi connectivity index (χ0v) is 28.0. The third kappa shape index (κ3) is 8.31. The number of nitrogens with zero attached hydrogens (tertiary/aromatic N) is 4. The first-order valence-corrected chi connectivity index (χ1v) is 16.2. The standard InChI is InChI=1S/C38H42N4O6/c1-39-29(33(35(45)41(3)37(39)47)31(43)25-23-27-17-11-9-12-18-27)21-15-7-5-6-8-16-22-30-34(36(46)42(4)38(48)40(30)2)32(44)26-24-28-19-13-10-14-20-28/h9-14,17-20,23-26H,5-8,15-16,21-22H2,1-4H3/b25-23-,26-24-. The summed E-state index contributed by atoms with van der Waals surface area (Å²) in [5, 5.41) is 0. The van der Waals surface area contributed by atoms with E-state index in [1.54, 1.807) is 26.2 Å². The first-order chi connectivity index (χ1) is 23.0. The van der Waals surface area contributed by atoms with Gasteiger partial charge in [-0.05, 0) is 49.0 Å². The van der Waals surface area contributed by atoms with Crippen LogP contribution in [0.15, 0.2) is 92.0 Å². The number of aromatic nitrogens is 4. The van der Waals surface area contributed by atoms with Gasteiger partial charge in [-0.2, -0.15) is 0 Å². The molecule has 10 nitrogen and oxygen atoms in total. The molecule has 10 heteroatoms. The molecule has 0 atom stereocenters. The average Bonchev–Trinajstić information content (AvgIpc) is 3.10. The van der Waals surface area contributed by atoms with Crippen LogP contribution in [-0.2, 0) is 41.0 Å². The fraction of sp³-hybridized carbons (Fsp3) is 0.316. The van der Waals surface area contributed by atoms with E-state index in [-0.39, 0.29) is 11.1 Å². The highest BCUT2D eigenvalue weighted by molar-refractivity contribution is 6.08. The van der Waals surface area contributed by atoms with E-state index in [4.69, 9.17) is 0 Å². The highest BCUT2D eigenvalue weighted by Gasteiger charge is 2.21. The minimum absolute atomic E-state index is 0.00959. The van der Waals surface area contributed by atoms with Crippen LogP contribution in [0.5, 0.6) is 0 Å². The summed E-state index contributed by atoms with van der Waals surface area (Å²) >= 11 is 0. The Morgan fingerprint density at radius 1 is 0.500 bits per heavy atom. The summed E-state index contributed by atoms with van der Waals surface area (Å²) in [6.07, 6.45) is 11.6. The molecule has 0 radical (unpaired) electrons. The first kappa shape index (κ1) is 35.5. The fourth-order valence-electron chi connectivity index (χ4n) is 5.78. The van der Waals surface area contributed by atoms with E-state index in [0.29, 0.717) is 37.1 Å². The van der Waals surface area contributed by atoms with Crippen molar-refractivity contribution >= 4 is 23.7 Å². The molecule has 250 valence electrons. The van der Waals surface area contributed by atoms with Crippen LogP contribution >= 0.6 is 0 Å². The summed E-state index contributed by atoms with van der Waals surface area (Å²) in [4.78, 5) is 77.7. The number of carbonyl (C=O) groups excluding carboxylic acids is 2. The Kier molecular flexibility index (Phi) is 12.2. The van der Waals surface area contributed by atoms with Crippen molar-refractivity contribution in [3.8, 4) is 0 Å². The summed E-state index contributed by atoms with van der Waals surface area (Å²) in [6.45, 7) is 0. The number of unbranched alkanes of at least 4 members (excludes halogenated alkanes) is 5. The molecule has 0 aliphatic rings. The van der Waals surface area contributed by atoms with Crippen molar-refractivity contribution in [3.63, 3.8) is 0 Å². The van der Waals surface area contributed by atoms with E-state index in [0.717, 1.165) is 45.9 Å². The van der Waals surface area contributed by atoms with E-state index in [1.165, 1.54) is 35.4 Å². The molecule has 0 unspecified atom stereocenters. The summed E-state index contributed by atoms with van der Waals surface area (Å²) in [5.41, 5.74) is 0.373. The van der Waals surface area contributed by atoms with Crippen molar-refractivity contribution in [1.82, 2.24) is 18.3 Å². The van der Waals surface area contributed by atoms with Gasteiger partial charge in [0.15, 0.2) is 11.6 Å². The van der Waals surface area contributed by atoms with Gasteiger partial charge in [0.25, 0.3) is 11.1 Å². The van der Waals surface area contributed by atoms with Gasteiger partial charge >= 0.3 is 11.4 Å². The van der Waals surface area contributed by atoms with Gasteiger partial charge in [-0.1, -0.05) is 98.5 Å². The Balaban J connectivity index is 1.36. The molecule has 0 amide bonds. The Morgan fingerprint density at radius 2 is 0.833 bits per heavy atom. The molecule has 0 saturated heterocycles. The van der Waals surface area contributed by atoms with Gasteiger partial charge < -0.3 is 0 Å². The van der Waals surface area contributed by atoms with Gasteiger partial charge in [-0.15, -0.1) is 0 Å². The monoisotopic (exact) mass is 650 g/mol. The van der Waals surface area contributed by atoms with Crippen LogP contribution < -0.4 is 22.5 Å². The van der Waals surface area contributed by atoms with Crippen molar-refractivity contribution in [2.75, 3.05) is 0 Å². The van der Waals surface area contributed by atoms with Gasteiger partial charge in [0.2, 0.25) is 0 Å². The molecule has 0 N–H and O–H groups in total. The van der Waals surface area contributed by atoms with Gasteiger partial charge in [0.1, 0.15) is 11.1 Å². The summed E-state index contributed by atoms with van der Waals surface area (Å²) in [5.74, 6) is -0.882. The van der Waals surface area contributed by atoms with Crippen LogP contribution in [0.25, 0.3) is 12.2 Å². The SMILES string of the molecule is Cn1c(CCCCCCCCc2c(C(=O)/C=C\c3ccccc3)c(=O)n(C)c(=O)n2C)c(C(=O)/C=C\c2ccccc2)c(=O)n(C)c1=O. The van der Waals surface area contributed by atoms with E-state index in [2.05, 4.69) is 0 Å². The maximum atomic E-state index is 13.2. The minimum atomic E-state index is -0.602. The van der Waals surface area contributed by atoms with E-state index in [1.807, 2.05) is 60.7 Å². The highest BCUT2D eigenvalue weighted by atomic mass is 16.2. The summed E-state index contributed by atoms with van der Waals surface area (Å²) < 4.78 is 4.69. The first-order valence-electron chi connectivity index (χ1n) is 16.2. The number of allylic oxidation sites excluding steroid dienone is 2. The molecule has 0 fully saturated rings. The molecule has 48 heavy (non-hydrogen) atoms. The largest absolute Gasteiger partial charge is 0.330 e. The van der Waals surface area contributed by atoms with Crippen molar-refractivity contribution in [2.24, 2.45) is 28.2 Å². The number of hydrogen-bond donors (Lipinski definition) is 0. The Bertz CT molecular complexity index is 1930. The molecule has 2 heterocycles. The summed E-state index contributed by atoms with van der Waals surface area (Å²) in [6, 6.07) is 18.6. The minimum Gasteiger partial charge on any atom is -0.300 e. The molecule has 0 aliphatic heterocycles. The Labute approximate surface area is 278 Å². The lowest BCUT2D eigenvalue weighted by atomic mass is 10.0. The molecule has 0 aliphatic carbocycles. The number of hydrogen-bond acceptors (Lipinski definition) is 6. The highest BCUT2D eigenvalue weighted by Crippen LogP contribution is 2.15. The third-order valence-corrected chi connectivity index (χ3v) is 8.60. The number of rotatable bonds is 15. The topological polar surface area (TPSA) is 122 Å². The maximum Gasteiger partial charge on any atom is 0.330 e. The fourth-order valence-corrected chi connectivity index (χ4v) is 5.78. The molecule has 0 spiro atoms. The number of carbonyl (C=O) groups is 2. The molecular formula is C38H42N4O6. The van der Waals surface area contributed by atoms with Crippen molar-refractivity contribution in [2.45, 2.75) is 51.4 Å². The van der Waals surface area contributed by atoms with Crippen LogP contribution in [0.2, 0.25) is 0 Å². The molecule has 0 saturated carbocycles. The second-order valence-electron chi connectivity index (χ2n) is 11.9. The van der Waals surface area contributed by atoms with E-state index < -0.39 is 34.1 Å². The summed E-state index contributed by atoms with van der Waals surface area (Å²) in [7, 11) is 5.90. The smallest absolute Gasteiger partial charge is 0.300 e. The van der Waals surface area contributed by atoms with Crippen molar-refractivity contribution in [3.05, 3.63) is 148 Å². The maximum absolute atomic E-state index is 13.2. The Hall–Kier alpha value is -5.38. The molecular weight excluding hydrogens is 608 g/mol. The van der Waals surface area contributed by atoms with Crippen LogP contribution in [0.3, 0.4) is 0 Å². The van der Waals surface area contributed by atoms with Gasteiger partial charge in [0, 0.05) is 39.6 Å². The van der Waals surface area contributed by atoms with Crippen LogP contribution in [0, 0.1) is 0 Å². The van der Waals surface area contributed by atoms with Gasteiger partial charge in [-0.25, -0.2) is 9.59 Å².